The summed E-state index contributed by atoms with van der Waals surface area (Å²) in [5.41, 5.74) is 0.915. The number of hydrogen-bond donors (Lipinski definition) is 1. The van der Waals surface area contributed by atoms with Crippen LogP contribution in [0.2, 0.25) is 0 Å². The molecule has 0 spiro atoms. The summed E-state index contributed by atoms with van der Waals surface area (Å²) in [7, 11) is 0. The second-order valence-electron chi connectivity index (χ2n) is 8.78. The third-order valence-corrected chi connectivity index (χ3v) is 5.09. The van der Waals surface area contributed by atoms with Crippen LogP contribution < -0.4 is 14.8 Å². The summed E-state index contributed by atoms with van der Waals surface area (Å²) < 4.78 is 50.0. The minimum atomic E-state index is -4.51. The molecule has 1 fully saturated rings. The number of carbonyl (C=O) groups is 1. The van der Waals surface area contributed by atoms with Crippen LogP contribution in [0.1, 0.15) is 26.7 Å². The second-order valence-corrected chi connectivity index (χ2v) is 8.78. The van der Waals surface area contributed by atoms with Gasteiger partial charge in [-0.3, -0.25) is 4.79 Å². The Kier molecular flexibility index (Phi) is 6.08. The average molecular weight is 473 g/mol. The first-order chi connectivity index (χ1) is 16.0. The molecule has 1 saturated carbocycles. The van der Waals surface area contributed by atoms with Gasteiger partial charge in [-0.2, -0.15) is 23.5 Å². The zero-order valence-corrected chi connectivity index (χ0v) is 18.5. The van der Waals surface area contributed by atoms with Gasteiger partial charge in [0.05, 0.1) is 23.2 Å². The Labute approximate surface area is 193 Å². The number of ether oxygens (including phenoxy) is 2. The van der Waals surface area contributed by atoms with Crippen LogP contribution in [-0.2, 0) is 4.79 Å². The molecule has 0 aromatic carbocycles. The number of alkyl halides is 3. The number of fused-ring (bicyclic) bond motifs is 1. The molecule has 3 aromatic rings. The molecule has 0 bridgehead atoms. The summed E-state index contributed by atoms with van der Waals surface area (Å²) in [6, 6.07) is 8.65. The number of amides is 1. The molecule has 4 rings (SSSR count). The Bertz CT molecular complexity index is 1260. The summed E-state index contributed by atoms with van der Waals surface area (Å²) in [6.45, 7) is 1.98. The molecule has 1 amide bonds. The predicted octanol–water partition coefficient (Wildman–Crippen LogP) is 4.61. The van der Waals surface area contributed by atoms with E-state index >= 15 is 0 Å². The smallest absolute Gasteiger partial charge is 0.422 e. The lowest BCUT2D eigenvalue weighted by Gasteiger charge is -2.19. The predicted molar refractivity (Wildman–Crippen MR) is 116 cm³/mol. The highest BCUT2D eigenvalue weighted by Gasteiger charge is 2.30. The van der Waals surface area contributed by atoms with Crippen molar-refractivity contribution < 1.29 is 27.4 Å². The molecular formula is C23H22F3N5O3. The van der Waals surface area contributed by atoms with Gasteiger partial charge in [0.25, 0.3) is 0 Å². The fourth-order valence-electron chi connectivity index (χ4n) is 3.09. The number of nitrogens with one attached hydrogen (secondary N) is 1. The molecule has 0 aliphatic heterocycles. The highest BCUT2D eigenvalue weighted by molar-refractivity contribution is 5.93. The lowest BCUT2D eigenvalue weighted by atomic mass is 9.97. The number of halogens is 3. The van der Waals surface area contributed by atoms with Crippen LogP contribution in [0.4, 0.5) is 19.0 Å². The van der Waals surface area contributed by atoms with Crippen molar-refractivity contribution in [1.29, 1.82) is 5.26 Å². The van der Waals surface area contributed by atoms with Gasteiger partial charge in [0.1, 0.15) is 12.4 Å². The summed E-state index contributed by atoms with van der Waals surface area (Å²) in [5.74, 6) is 0.439. The van der Waals surface area contributed by atoms with E-state index in [1.165, 1.54) is 12.3 Å². The molecular weight excluding hydrogens is 451 g/mol. The van der Waals surface area contributed by atoms with Gasteiger partial charge in [0.2, 0.25) is 11.8 Å². The number of nitriles is 1. The van der Waals surface area contributed by atoms with Gasteiger partial charge < -0.3 is 14.8 Å². The number of carbonyl (C=O) groups excluding carboxylic acids is 1. The van der Waals surface area contributed by atoms with E-state index in [1.807, 2.05) is 0 Å². The monoisotopic (exact) mass is 473 g/mol. The first kappa shape index (κ1) is 23.4. The number of hydrogen-bond acceptors (Lipinski definition) is 6. The summed E-state index contributed by atoms with van der Waals surface area (Å²) in [4.78, 5) is 16.0. The zero-order valence-electron chi connectivity index (χ0n) is 18.5. The largest absolute Gasteiger partial charge is 0.490 e. The third kappa shape index (κ3) is 5.75. The second kappa shape index (κ2) is 8.85. The number of pyridine rings is 2. The molecule has 1 aliphatic carbocycles. The number of rotatable bonds is 8. The van der Waals surface area contributed by atoms with Crippen LogP contribution >= 0.6 is 0 Å². The Morgan fingerprint density at radius 3 is 2.68 bits per heavy atom. The van der Waals surface area contributed by atoms with Crippen LogP contribution in [0.3, 0.4) is 0 Å². The van der Waals surface area contributed by atoms with E-state index in [0.29, 0.717) is 22.5 Å². The first-order valence-electron chi connectivity index (χ1n) is 10.6. The van der Waals surface area contributed by atoms with E-state index in [4.69, 9.17) is 9.47 Å². The van der Waals surface area contributed by atoms with Crippen LogP contribution in [0.5, 0.6) is 11.6 Å². The lowest BCUT2D eigenvalue weighted by molar-refractivity contribution is -0.154. The van der Waals surface area contributed by atoms with Gasteiger partial charge in [-0.15, -0.1) is 0 Å². The van der Waals surface area contributed by atoms with Crippen molar-refractivity contribution in [1.82, 2.24) is 14.6 Å². The molecule has 3 heterocycles. The standard InChI is InChI=1S/C23H22F3N5O3/c1-22(2,11-27)12-33-18-10-28-20(34-13-23(24,25)26)9-17(18)15-5-6-31-16(7-15)8-19(30-31)29-21(32)14-3-4-14/h5-10,14H,3-4,12-13H2,1-2H3,(H,29,30,32). The van der Waals surface area contributed by atoms with Gasteiger partial charge in [0, 0.05) is 29.8 Å². The Morgan fingerprint density at radius 2 is 2.00 bits per heavy atom. The average Bonchev–Trinajstić information content (AvgIpc) is 3.56. The van der Waals surface area contributed by atoms with E-state index in [1.54, 1.807) is 42.8 Å². The Hall–Kier alpha value is -3.81. The van der Waals surface area contributed by atoms with Crippen molar-refractivity contribution in [2.24, 2.45) is 11.3 Å². The van der Waals surface area contributed by atoms with Gasteiger partial charge in [0.15, 0.2) is 12.4 Å². The molecule has 0 atom stereocenters. The number of aromatic nitrogens is 3. The number of anilines is 1. The van der Waals surface area contributed by atoms with Gasteiger partial charge in [-0.05, 0) is 44.4 Å². The van der Waals surface area contributed by atoms with E-state index < -0.39 is 18.2 Å². The maximum absolute atomic E-state index is 12.6. The molecule has 0 radical (unpaired) electrons. The highest BCUT2D eigenvalue weighted by Crippen LogP contribution is 2.35. The van der Waals surface area contributed by atoms with E-state index in [0.717, 1.165) is 12.8 Å². The van der Waals surface area contributed by atoms with Gasteiger partial charge in [-0.25, -0.2) is 9.50 Å². The Balaban J connectivity index is 1.65. The van der Waals surface area contributed by atoms with E-state index in [-0.39, 0.29) is 30.1 Å². The fraction of sp³-hybridized carbons (Fsp3) is 0.391. The summed E-state index contributed by atoms with van der Waals surface area (Å²) in [6.07, 6.45) is 0.171. The maximum Gasteiger partial charge on any atom is 0.422 e. The molecule has 8 nitrogen and oxygen atoms in total. The van der Waals surface area contributed by atoms with E-state index in [9.17, 15) is 23.2 Å². The molecule has 178 valence electrons. The normalized spacial score (nSPS) is 14.0. The maximum atomic E-state index is 12.6. The fourth-order valence-corrected chi connectivity index (χ4v) is 3.09. The van der Waals surface area contributed by atoms with Crippen molar-refractivity contribution >= 4 is 17.2 Å². The van der Waals surface area contributed by atoms with Crippen molar-refractivity contribution in [3.05, 3.63) is 36.7 Å². The molecule has 11 heteroatoms. The van der Waals surface area contributed by atoms with Gasteiger partial charge >= 0.3 is 6.18 Å². The molecule has 34 heavy (non-hydrogen) atoms. The molecule has 1 N–H and O–H groups in total. The van der Waals surface area contributed by atoms with E-state index in [2.05, 4.69) is 21.5 Å². The molecule has 1 aliphatic rings. The van der Waals surface area contributed by atoms with Crippen molar-refractivity contribution in [2.75, 3.05) is 18.5 Å². The lowest BCUT2D eigenvalue weighted by Crippen LogP contribution is -2.20. The molecule has 0 saturated heterocycles. The van der Waals surface area contributed by atoms with Crippen LogP contribution in [0.25, 0.3) is 16.6 Å². The summed E-state index contributed by atoms with van der Waals surface area (Å²) >= 11 is 0. The van der Waals surface area contributed by atoms with Gasteiger partial charge in [-0.1, -0.05) is 0 Å². The SMILES string of the molecule is CC(C)(C#N)COc1cnc(OCC(F)(F)F)cc1-c1ccn2nc(NC(=O)C3CC3)cc2c1. The molecule has 3 aromatic heterocycles. The van der Waals surface area contributed by atoms with Crippen LogP contribution in [0, 0.1) is 22.7 Å². The van der Waals surface area contributed by atoms with Crippen LogP contribution in [-0.4, -0.2) is 39.9 Å². The minimum Gasteiger partial charge on any atom is -0.490 e. The van der Waals surface area contributed by atoms with Crippen molar-refractivity contribution in [2.45, 2.75) is 32.9 Å². The summed E-state index contributed by atoms with van der Waals surface area (Å²) in [5, 5.41) is 16.4. The van der Waals surface area contributed by atoms with Crippen LogP contribution in [0.15, 0.2) is 36.7 Å². The first-order valence-corrected chi connectivity index (χ1v) is 10.6. The highest BCUT2D eigenvalue weighted by atomic mass is 19.4. The van der Waals surface area contributed by atoms with Crippen molar-refractivity contribution in [3.63, 3.8) is 0 Å². The zero-order chi connectivity index (χ0) is 24.5. The Morgan fingerprint density at radius 1 is 1.24 bits per heavy atom. The minimum absolute atomic E-state index is 0.0321. The molecule has 0 unspecified atom stereocenters. The van der Waals surface area contributed by atoms with Crippen molar-refractivity contribution in [3.8, 4) is 28.8 Å². The quantitative estimate of drug-likeness (QED) is 0.513. The number of nitrogens with zero attached hydrogens (tertiary/aromatic N) is 4. The topological polar surface area (TPSA) is 102 Å². The third-order valence-electron chi connectivity index (χ3n) is 5.09.